The van der Waals surface area contributed by atoms with Crippen molar-refractivity contribution < 1.29 is 28.3 Å². The van der Waals surface area contributed by atoms with Crippen molar-refractivity contribution in [3.8, 4) is 11.3 Å². The average Bonchev–Trinajstić information content (AvgIpc) is 3.47. The number of hydrogen-bond donors (Lipinski definition) is 2. The van der Waals surface area contributed by atoms with Crippen molar-refractivity contribution in [2.45, 2.75) is 44.4 Å². The third-order valence-electron chi connectivity index (χ3n) is 7.22. The molecule has 1 aliphatic rings. The molecular weight excluding hydrogens is 520 g/mol. The summed E-state index contributed by atoms with van der Waals surface area (Å²) in [5, 5.41) is 3.19. The van der Waals surface area contributed by atoms with E-state index in [2.05, 4.69) is 5.32 Å². The Morgan fingerprint density at radius 3 is 2.49 bits per heavy atom. The van der Waals surface area contributed by atoms with Gasteiger partial charge in [-0.05, 0) is 66.3 Å². The lowest BCUT2D eigenvalue weighted by Gasteiger charge is -2.24. The van der Waals surface area contributed by atoms with Gasteiger partial charge in [-0.25, -0.2) is 4.79 Å². The van der Waals surface area contributed by atoms with Crippen LogP contribution in [0.5, 0.6) is 0 Å². The summed E-state index contributed by atoms with van der Waals surface area (Å²) in [6.45, 7) is 1.52. The number of hydrogen-bond acceptors (Lipinski definition) is 7. The summed E-state index contributed by atoms with van der Waals surface area (Å²) in [6.07, 6.45) is 3.03. The van der Waals surface area contributed by atoms with Crippen molar-refractivity contribution in [3.05, 3.63) is 119 Å². The summed E-state index contributed by atoms with van der Waals surface area (Å²) < 4.78 is 16.2. The molecule has 1 aromatic heterocycles. The van der Waals surface area contributed by atoms with E-state index in [9.17, 15) is 14.4 Å². The van der Waals surface area contributed by atoms with Crippen LogP contribution in [0.25, 0.3) is 11.3 Å². The summed E-state index contributed by atoms with van der Waals surface area (Å²) in [6, 6.07) is 24.1. The van der Waals surface area contributed by atoms with E-state index >= 15 is 0 Å². The quantitative estimate of drug-likeness (QED) is 0.337. The molecule has 2 heterocycles. The molecule has 8 heteroatoms. The molecule has 1 amide bonds. The van der Waals surface area contributed by atoms with Crippen molar-refractivity contribution in [2.75, 3.05) is 7.11 Å². The minimum absolute atomic E-state index is 0.129. The first-order valence-electron chi connectivity index (χ1n) is 13.4. The Morgan fingerprint density at radius 1 is 0.951 bits per heavy atom. The van der Waals surface area contributed by atoms with E-state index in [0.717, 1.165) is 16.7 Å². The van der Waals surface area contributed by atoms with Gasteiger partial charge < -0.3 is 24.9 Å². The largest absolute Gasteiger partial charge is 0.465 e. The first kappa shape index (κ1) is 27.9. The number of aryl methyl sites for hydroxylation is 1. The van der Waals surface area contributed by atoms with E-state index in [1.165, 1.54) is 19.4 Å². The van der Waals surface area contributed by atoms with E-state index in [1.807, 2.05) is 54.6 Å². The van der Waals surface area contributed by atoms with Crippen LogP contribution in [0.2, 0.25) is 0 Å². The molecule has 4 aromatic rings. The van der Waals surface area contributed by atoms with E-state index in [0.29, 0.717) is 36.0 Å². The Morgan fingerprint density at radius 2 is 1.71 bits per heavy atom. The molecule has 0 radical (unpaired) electrons. The van der Waals surface area contributed by atoms with Gasteiger partial charge in [0, 0.05) is 17.5 Å². The molecule has 3 N–H and O–H groups in total. The van der Waals surface area contributed by atoms with Crippen molar-refractivity contribution >= 4 is 17.8 Å². The van der Waals surface area contributed by atoms with Crippen LogP contribution >= 0.6 is 0 Å². The second kappa shape index (κ2) is 11.8. The maximum atomic E-state index is 13.7. The van der Waals surface area contributed by atoms with Gasteiger partial charge in [0.2, 0.25) is 0 Å². The van der Waals surface area contributed by atoms with Gasteiger partial charge in [-0.3, -0.25) is 9.59 Å². The smallest absolute Gasteiger partial charge is 0.341 e. The summed E-state index contributed by atoms with van der Waals surface area (Å²) in [5.74, 6) is -1.21. The summed E-state index contributed by atoms with van der Waals surface area (Å²) in [7, 11) is 1.28. The van der Waals surface area contributed by atoms with E-state index in [-0.39, 0.29) is 29.9 Å². The molecule has 8 nitrogen and oxygen atoms in total. The minimum Gasteiger partial charge on any atom is -0.465 e. The van der Waals surface area contributed by atoms with Gasteiger partial charge in [0.1, 0.15) is 23.5 Å². The van der Waals surface area contributed by atoms with Crippen molar-refractivity contribution in [1.29, 1.82) is 0 Å². The molecular formula is C33H32N2O6. The number of cyclic esters (lactones) is 1. The third-order valence-corrected chi connectivity index (χ3v) is 7.22. The Balaban J connectivity index is 1.58. The van der Waals surface area contributed by atoms with Gasteiger partial charge >= 0.3 is 11.9 Å². The highest BCUT2D eigenvalue weighted by Crippen LogP contribution is 2.29. The molecule has 0 saturated carbocycles. The van der Waals surface area contributed by atoms with Crippen molar-refractivity contribution in [2.24, 2.45) is 5.73 Å². The Hall–Kier alpha value is -4.69. The summed E-state index contributed by atoms with van der Waals surface area (Å²) in [5.41, 5.74) is 9.70. The number of ether oxygens (including phenoxy) is 2. The Labute approximate surface area is 238 Å². The molecule has 0 saturated heterocycles. The van der Waals surface area contributed by atoms with Crippen LogP contribution in [-0.2, 0) is 33.7 Å². The van der Waals surface area contributed by atoms with E-state index in [1.54, 1.807) is 25.1 Å². The second-order valence-electron chi connectivity index (χ2n) is 10.5. The van der Waals surface area contributed by atoms with Gasteiger partial charge in [-0.15, -0.1) is 0 Å². The third kappa shape index (κ3) is 6.39. The number of nitrogens with two attached hydrogens (primary N) is 1. The molecule has 210 valence electrons. The lowest BCUT2D eigenvalue weighted by molar-refractivity contribution is -0.150. The van der Waals surface area contributed by atoms with Crippen LogP contribution in [0.15, 0.2) is 89.5 Å². The maximum Gasteiger partial charge on any atom is 0.341 e. The first-order chi connectivity index (χ1) is 19.7. The zero-order valence-corrected chi connectivity index (χ0v) is 23.0. The van der Waals surface area contributed by atoms with Crippen LogP contribution < -0.4 is 11.1 Å². The Kier molecular flexibility index (Phi) is 8.03. The molecule has 0 aliphatic carbocycles. The highest BCUT2D eigenvalue weighted by Gasteiger charge is 2.31. The zero-order chi connectivity index (χ0) is 29.0. The lowest BCUT2D eigenvalue weighted by atomic mass is 9.91. The van der Waals surface area contributed by atoms with Gasteiger partial charge in [-0.1, -0.05) is 54.6 Å². The number of nitrogens with one attached hydrogen (secondary N) is 1. The number of carbonyl (C=O) groups excluding carboxylic acids is 3. The second-order valence-corrected chi connectivity index (χ2v) is 10.5. The molecule has 2 atom stereocenters. The fourth-order valence-electron chi connectivity index (χ4n) is 5.11. The number of furan rings is 1. The SMILES string of the molecule is COC(=O)c1ccoc1-c1cc2cc(c1)C(=O)NC(c1ccccc1)CCc1cccc(c1)CC(C)(N)C(=O)OC2. The normalized spacial score (nSPS) is 19.6. The van der Waals surface area contributed by atoms with Gasteiger partial charge in [0.25, 0.3) is 5.91 Å². The van der Waals surface area contributed by atoms with Gasteiger partial charge in [-0.2, -0.15) is 0 Å². The van der Waals surface area contributed by atoms with Gasteiger partial charge in [0.05, 0.1) is 19.4 Å². The van der Waals surface area contributed by atoms with E-state index in [4.69, 9.17) is 19.6 Å². The average molecular weight is 553 g/mol. The fraction of sp³-hybridized carbons (Fsp3) is 0.242. The highest BCUT2D eigenvalue weighted by molar-refractivity contribution is 5.98. The fourth-order valence-corrected chi connectivity index (χ4v) is 5.11. The summed E-state index contributed by atoms with van der Waals surface area (Å²) >= 11 is 0. The van der Waals surface area contributed by atoms with Gasteiger partial charge in [0.15, 0.2) is 0 Å². The zero-order valence-electron chi connectivity index (χ0n) is 23.0. The minimum atomic E-state index is -1.26. The Bertz CT molecular complexity index is 1570. The number of benzene rings is 3. The molecule has 0 fully saturated rings. The molecule has 0 spiro atoms. The van der Waals surface area contributed by atoms with Crippen LogP contribution in [0.3, 0.4) is 0 Å². The molecule has 41 heavy (non-hydrogen) atoms. The van der Waals surface area contributed by atoms with Crippen LogP contribution in [0.4, 0.5) is 0 Å². The van der Waals surface area contributed by atoms with Crippen LogP contribution in [-0.4, -0.2) is 30.5 Å². The number of esters is 2. The predicted octanol–water partition coefficient (Wildman–Crippen LogP) is 5.15. The monoisotopic (exact) mass is 552 g/mol. The molecule has 1 aliphatic heterocycles. The topological polar surface area (TPSA) is 121 Å². The molecule has 5 rings (SSSR count). The predicted molar refractivity (Wildman–Crippen MR) is 153 cm³/mol. The standard InChI is InChI=1S/C33H32N2O6/c1-33(34)19-22-8-6-7-21(15-22)11-12-28(24-9-4-3-5-10-24)35-30(36)26-17-23(20-41-32(33)38)16-25(18-26)29-27(13-14-40-29)31(37)39-2/h3-10,13-18,28H,11-12,19-20,34H2,1-2H3,(H,35,36). The first-order valence-corrected chi connectivity index (χ1v) is 13.4. The van der Waals surface area contributed by atoms with E-state index < -0.39 is 17.5 Å². The number of amides is 1. The molecule has 3 aromatic carbocycles. The molecule has 2 unspecified atom stereocenters. The van der Waals surface area contributed by atoms with Crippen LogP contribution in [0.1, 0.15) is 62.4 Å². The highest BCUT2D eigenvalue weighted by atomic mass is 16.5. The van der Waals surface area contributed by atoms with Crippen molar-refractivity contribution in [3.63, 3.8) is 0 Å². The molecule has 4 bridgehead atoms. The number of rotatable bonds is 3. The number of fused-ring (bicyclic) bond motifs is 4. The number of carbonyl (C=O) groups is 3. The van der Waals surface area contributed by atoms with Crippen molar-refractivity contribution in [1.82, 2.24) is 5.32 Å². The lowest BCUT2D eigenvalue weighted by Crippen LogP contribution is -2.48. The number of methoxy groups -OCH3 is 1. The summed E-state index contributed by atoms with van der Waals surface area (Å²) in [4.78, 5) is 39.2. The van der Waals surface area contributed by atoms with Crippen LogP contribution in [0, 0.1) is 0 Å². The maximum absolute atomic E-state index is 13.7.